The van der Waals surface area contributed by atoms with Gasteiger partial charge in [-0.1, -0.05) is 0 Å². The van der Waals surface area contributed by atoms with Crippen molar-refractivity contribution in [2.24, 2.45) is 13.0 Å². The number of esters is 1. The molecule has 7 nitrogen and oxygen atoms in total. The zero-order valence-electron chi connectivity index (χ0n) is 16.0. The summed E-state index contributed by atoms with van der Waals surface area (Å²) in [7, 11) is 3.36. The molecule has 142 valence electrons. The summed E-state index contributed by atoms with van der Waals surface area (Å²) in [5, 5.41) is 5.25. The van der Waals surface area contributed by atoms with Crippen LogP contribution in [0.4, 0.5) is 5.82 Å². The molecule has 1 saturated heterocycles. The van der Waals surface area contributed by atoms with Crippen LogP contribution in [0.2, 0.25) is 0 Å². The fourth-order valence-corrected chi connectivity index (χ4v) is 4.98. The number of carbonyl (C=O) groups is 1. The fraction of sp³-hybridized carbons (Fsp3) is 0.474. The van der Waals surface area contributed by atoms with E-state index >= 15 is 0 Å². The van der Waals surface area contributed by atoms with Crippen LogP contribution in [0.5, 0.6) is 0 Å². The highest BCUT2D eigenvalue weighted by atomic mass is 32.1. The Bertz CT molecular complexity index is 1010. The van der Waals surface area contributed by atoms with E-state index in [2.05, 4.69) is 21.2 Å². The van der Waals surface area contributed by atoms with Crippen molar-refractivity contribution < 1.29 is 9.53 Å². The number of fused-ring (bicyclic) bond motifs is 1. The molecule has 27 heavy (non-hydrogen) atoms. The first-order valence-corrected chi connectivity index (χ1v) is 9.86. The molecule has 3 aromatic heterocycles. The summed E-state index contributed by atoms with van der Waals surface area (Å²) in [6.07, 6.45) is 6.17. The van der Waals surface area contributed by atoms with Gasteiger partial charge in [-0.05, 0) is 43.7 Å². The van der Waals surface area contributed by atoms with Crippen molar-refractivity contribution in [3.63, 3.8) is 0 Å². The summed E-state index contributed by atoms with van der Waals surface area (Å²) in [5.41, 5.74) is 2.18. The molecule has 0 saturated carbocycles. The molecule has 0 N–H and O–H groups in total. The number of aromatic nitrogens is 4. The van der Waals surface area contributed by atoms with E-state index in [9.17, 15) is 4.79 Å². The maximum atomic E-state index is 12.1. The summed E-state index contributed by atoms with van der Waals surface area (Å²) in [6.45, 7) is 5.76. The molecule has 0 radical (unpaired) electrons. The van der Waals surface area contributed by atoms with E-state index in [1.807, 2.05) is 31.8 Å². The van der Waals surface area contributed by atoms with Crippen molar-refractivity contribution in [2.45, 2.75) is 26.7 Å². The molecule has 3 aromatic rings. The van der Waals surface area contributed by atoms with Gasteiger partial charge >= 0.3 is 5.97 Å². The minimum absolute atomic E-state index is 0.310. The molecule has 1 atom stereocenters. The number of anilines is 1. The van der Waals surface area contributed by atoms with Gasteiger partial charge in [-0.15, -0.1) is 11.3 Å². The van der Waals surface area contributed by atoms with E-state index in [1.165, 1.54) is 24.0 Å². The van der Waals surface area contributed by atoms with Crippen LogP contribution in [0.15, 0.2) is 12.4 Å². The van der Waals surface area contributed by atoms with E-state index < -0.39 is 0 Å². The van der Waals surface area contributed by atoms with Crippen LogP contribution in [-0.2, 0) is 18.2 Å². The van der Waals surface area contributed by atoms with Gasteiger partial charge < -0.3 is 9.64 Å². The Morgan fingerprint density at radius 3 is 2.89 bits per heavy atom. The molecule has 0 spiro atoms. The van der Waals surface area contributed by atoms with Gasteiger partial charge in [-0.25, -0.2) is 14.8 Å². The number of thiophene rings is 1. The number of hydrogen-bond acceptors (Lipinski definition) is 7. The van der Waals surface area contributed by atoms with Crippen LogP contribution in [0.25, 0.3) is 10.2 Å². The maximum absolute atomic E-state index is 12.1. The third-order valence-electron chi connectivity index (χ3n) is 5.12. The first kappa shape index (κ1) is 17.9. The molecular weight excluding hydrogens is 362 g/mol. The smallest absolute Gasteiger partial charge is 0.348 e. The molecule has 4 rings (SSSR count). The molecule has 0 aromatic carbocycles. The monoisotopic (exact) mass is 385 g/mol. The predicted molar refractivity (Wildman–Crippen MR) is 105 cm³/mol. The minimum Gasteiger partial charge on any atom is -0.465 e. The fourth-order valence-electron chi connectivity index (χ4n) is 3.84. The van der Waals surface area contributed by atoms with Crippen LogP contribution in [0.1, 0.15) is 33.0 Å². The second kappa shape index (κ2) is 6.92. The van der Waals surface area contributed by atoms with Crippen LogP contribution >= 0.6 is 11.3 Å². The Labute approximate surface area is 162 Å². The van der Waals surface area contributed by atoms with E-state index in [4.69, 9.17) is 9.72 Å². The number of hydrogen-bond donors (Lipinski definition) is 0. The van der Waals surface area contributed by atoms with Gasteiger partial charge in [0.15, 0.2) is 0 Å². The van der Waals surface area contributed by atoms with Gasteiger partial charge in [0, 0.05) is 26.3 Å². The number of ether oxygens (including phenoxy) is 1. The SMILES string of the molecule is COC(=O)c1sc2nc(C)nc(N3CCC(Cc4cnn(C)c4)C3)c2c1C. The normalized spacial score (nSPS) is 17.0. The summed E-state index contributed by atoms with van der Waals surface area (Å²) in [5.74, 6) is 1.93. The zero-order valence-corrected chi connectivity index (χ0v) is 16.8. The molecule has 8 heteroatoms. The number of carbonyl (C=O) groups excluding carboxylic acids is 1. The Morgan fingerprint density at radius 2 is 2.19 bits per heavy atom. The Balaban J connectivity index is 1.65. The van der Waals surface area contributed by atoms with Gasteiger partial charge in [0.1, 0.15) is 21.3 Å². The molecule has 1 unspecified atom stereocenters. The highest BCUT2D eigenvalue weighted by Gasteiger charge is 2.28. The third-order valence-corrected chi connectivity index (χ3v) is 6.29. The zero-order chi connectivity index (χ0) is 19.1. The maximum Gasteiger partial charge on any atom is 0.348 e. The highest BCUT2D eigenvalue weighted by molar-refractivity contribution is 7.20. The lowest BCUT2D eigenvalue weighted by atomic mass is 10.0. The van der Waals surface area contributed by atoms with Gasteiger partial charge in [0.25, 0.3) is 0 Å². The van der Waals surface area contributed by atoms with Crippen LogP contribution < -0.4 is 4.90 Å². The summed E-state index contributed by atoms with van der Waals surface area (Å²) >= 11 is 1.39. The third kappa shape index (κ3) is 3.29. The molecule has 4 heterocycles. The van der Waals surface area contributed by atoms with Crippen molar-refractivity contribution in [3.8, 4) is 0 Å². The number of nitrogens with zero attached hydrogens (tertiary/aromatic N) is 5. The average molecular weight is 385 g/mol. The van der Waals surface area contributed by atoms with E-state index in [0.29, 0.717) is 10.8 Å². The number of aryl methyl sites for hydroxylation is 3. The Kier molecular flexibility index (Phi) is 4.59. The average Bonchev–Trinajstić information content (AvgIpc) is 3.34. The van der Waals surface area contributed by atoms with Crippen LogP contribution in [-0.4, -0.2) is 45.9 Å². The molecule has 0 aliphatic carbocycles. The van der Waals surface area contributed by atoms with E-state index in [-0.39, 0.29) is 5.97 Å². The molecule has 0 amide bonds. The topological polar surface area (TPSA) is 73.1 Å². The van der Waals surface area contributed by atoms with Crippen LogP contribution in [0, 0.1) is 19.8 Å². The van der Waals surface area contributed by atoms with Crippen LogP contribution in [0.3, 0.4) is 0 Å². The van der Waals surface area contributed by atoms with Gasteiger partial charge in [-0.3, -0.25) is 4.68 Å². The van der Waals surface area contributed by atoms with Crippen molar-refractivity contribution in [1.29, 1.82) is 0 Å². The molecule has 1 aliphatic heterocycles. The first-order chi connectivity index (χ1) is 13.0. The number of rotatable bonds is 4. The largest absolute Gasteiger partial charge is 0.465 e. The molecule has 1 fully saturated rings. The molecule has 0 bridgehead atoms. The Hall–Kier alpha value is -2.48. The van der Waals surface area contributed by atoms with Crippen molar-refractivity contribution in [2.75, 3.05) is 25.1 Å². The van der Waals surface area contributed by atoms with Crippen molar-refractivity contribution in [1.82, 2.24) is 19.7 Å². The quantitative estimate of drug-likeness (QED) is 0.643. The summed E-state index contributed by atoms with van der Waals surface area (Å²) in [6, 6.07) is 0. The lowest BCUT2D eigenvalue weighted by molar-refractivity contribution is 0.0605. The van der Waals surface area contributed by atoms with Gasteiger partial charge in [0.05, 0.1) is 18.7 Å². The van der Waals surface area contributed by atoms with Gasteiger partial charge in [0.2, 0.25) is 0 Å². The molecular formula is C19H23N5O2S. The molecule has 1 aliphatic rings. The van der Waals surface area contributed by atoms with E-state index in [1.54, 1.807) is 0 Å². The second-order valence-corrected chi connectivity index (χ2v) is 8.15. The van der Waals surface area contributed by atoms with Crippen molar-refractivity contribution in [3.05, 3.63) is 34.2 Å². The van der Waals surface area contributed by atoms with Gasteiger partial charge in [-0.2, -0.15) is 5.10 Å². The van der Waals surface area contributed by atoms with Crippen molar-refractivity contribution >= 4 is 33.3 Å². The predicted octanol–water partition coefficient (Wildman–Crippen LogP) is 2.90. The lowest BCUT2D eigenvalue weighted by Gasteiger charge is -2.19. The number of methoxy groups -OCH3 is 1. The summed E-state index contributed by atoms with van der Waals surface area (Å²) < 4.78 is 6.78. The Morgan fingerprint density at radius 1 is 1.37 bits per heavy atom. The van der Waals surface area contributed by atoms with E-state index in [0.717, 1.165) is 53.4 Å². The minimum atomic E-state index is -0.310. The highest BCUT2D eigenvalue weighted by Crippen LogP contribution is 2.37. The lowest BCUT2D eigenvalue weighted by Crippen LogP contribution is -2.22. The summed E-state index contributed by atoms with van der Waals surface area (Å²) in [4.78, 5) is 25.2. The standard InChI is InChI=1S/C19H23N5O2S/c1-11-15-17(21-12(2)22-18(15)27-16(11)19(25)26-4)24-6-5-13(10-24)7-14-8-20-23(3)9-14/h8-9,13H,5-7,10H2,1-4H3. The second-order valence-electron chi connectivity index (χ2n) is 7.15. The first-order valence-electron chi connectivity index (χ1n) is 9.04.